The maximum absolute atomic E-state index is 12.6. The van der Waals surface area contributed by atoms with E-state index in [1.807, 2.05) is 50.2 Å². The molecule has 6 nitrogen and oxygen atoms in total. The molecule has 4 heterocycles. The van der Waals surface area contributed by atoms with Gasteiger partial charge in [-0.25, -0.2) is 0 Å². The van der Waals surface area contributed by atoms with Crippen LogP contribution in [0, 0.1) is 37.6 Å². The van der Waals surface area contributed by atoms with Crippen LogP contribution in [0.5, 0.6) is 11.5 Å². The third-order valence-corrected chi connectivity index (χ3v) is 6.12. The zero-order chi connectivity index (χ0) is 37.7. The van der Waals surface area contributed by atoms with Crippen molar-refractivity contribution in [1.29, 1.82) is 0 Å². The number of hydrogen-bond donors (Lipinski definition) is 0. The number of aryl methyl sites for hydroxylation is 2. The second kappa shape index (κ2) is 18.1. The first kappa shape index (κ1) is 43.3. The predicted octanol–water partition coefficient (Wildman–Crippen LogP) is 11.5. The van der Waals surface area contributed by atoms with Gasteiger partial charge in [0.15, 0.2) is 0 Å². The van der Waals surface area contributed by atoms with E-state index in [0.29, 0.717) is 0 Å². The number of pyridine rings is 4. The SMILES string of the molecule is COc1ccnc(-c2cc(OC)ccn2)c1.Cc1ccc(-c2[c-]cc(F)cc2)nc1.Cc1ccc(-c2[c-]cc(F)cc2)nc1.F[P-](F)(F)(F)(F)F.[Ir+3]. The Labute approximate surface area is 308 Å². The quantitative estimate of drug-likeness (QED) is 0.0975. The van der Waals surface area contributed by atoms with E-state index in [1.54, 1.807) is 63.3 Å². The molecule has 6 rings (SSSR count). The smallest absolute Gasteiger partial charge is 3.00 e. The third kappa shape index (κ3) is 17.4. The van der Waals surface area contributed by atoms with Gasteiger partial charge in [-0.15, -0.1) is 59.7 Å². The minimum Gasteiger partial charge on any atom is 3.00 e. The molecule has 276 valence electrons. The van der Waals surface area contributed by atoms with Gasteiger partial charge in [-0.1, -0.05) is 24.3 Å². The molecule has 0 radical (unpaired) electrons. The molecule has 0 saturated heterocycles. The zero-order valence-corrected chi connectivity index (χ0v) is 31.1. The van der Waals surface area contributed by atoms with Crippen molar-refractivity contribution < 1.29 is 63.5 Å². The van der Waals surface area contributed by atoms with Crippen molar-refractivity contribution in [1.82, 2.24) is 19.9 Å². The van der Waals surface area contributed by atoms with Crippen LogP contribution in [0.4, 0.5) is 34.0 Å². The maximum atomic E-state index is 12.6. The van der Waals surface area contributed by atoms with E-state index < -0.39 is 7.81 Å². The summed E-state index contributed by atoms with van der Waals surface area (Å²) in [5, 5.41) is 0. The normalized spacial score (nSPS) is 11.6. The number of aromatic nitrogens is 4. The number of hydrogen-bond acceptors (Lipinski definition) is 6. The minimum absolute atomic E-state index is 0. The third-order valence-electron chi connectivity index (χ3n) is 6.12. The van der Waals surface area contributed by atoms with Crippen LogP contribution in [0.25, 0.3) is 33.9 Å². The number of ether oxygens (including phenoxy) is 2. The van der Waals surface area contributed by atoms with Crippen molar-refractivity contribution in [3.05, 3.63) is 145 Å². The molecule has 52 heavy (non-hydrogen) atoms. The predicted molar refractivity (Wildman–Crippen MR) is 181 cm³/mol. The monoisotopic (exact) mass is 926 g/mol. The molecular formula is C36H30F8IrN4O2P. The summed E-state index contributed by atoms with van der Waals surface area (Å²) in [5.41, 5.74) is 6.99. The molecule has 0 aliphatic rings. The topological polar surface area (TPSA) is 70.0 Å². The standard InChI is InChI=1S/2C12H9FN.C12H12N2O2.F6P.Ir/c2*1-9-2-7-12(14-8-9)10-3-5-11(13)6-4-10;1-15-9-3-5-13-11(7-9)12-8-10(16-2)4-6-14-12;1-7(2,3,4,5)6;/h2*2-3,5-8H,1H3;3-8H,1-2H3;;/q2*-1;;-1;+3. The molecule has 4 aromatic heterocycles. The Morgan fingerprint density at radius 2 is 0.885 bits per heavy atom. The molecule has 0 atom stereocenters. The Bertz CT molecular complexity index is 1760. The van der Waals surface area contributed by atoms with Crippen LogP contribution in [0.3, 0.4) is 0 Å². The van der Waals surface area contributed by atoms with Crippen LogP contribution in [-0.4, -0.2) is 34.2 Å². The van der Waals surface area contributed by atoms with Crippen molar-refractivity contribution in [3.8, 4) is 45.4 Å². The molecule has 0 saturated carbocycles. The fourth-order valence-electron chi connectivity index (χ4n) is 3.74. The van der Waals surface area contributed by atoms with Crippen LogP contribution in [0.1, 0.15) is 11.1 Å². The molecule has 0 aliphatic carbocycles. The fraction of sp³-hybridized carbons (Fsp3) is 0.111. The van der Waals surface area contributed by atoms with Gasteiger partial charge in [0.2, 0.25) is 0 Å². The second-order valence-corrected chi connectivity index (χ2v) is 12.3. The molecule has 0 N–H and O–H groups in total. The first-order valence-electron chi connectivity index (χ1n) is 14.6. The summed E-state index contributed by atoms with van der Waals surface area (Å²) in [6, 6.07) is 29.5. The van der Waals surface area contributed by atoms with Gasteiger partial charge in [-0.2, -0.15) is 0 Å². The van der Waals surface area contributed by atoms with Crippen molar-refractivity contribution in [2.24, 2.45) is 0 Å². The van der Waals surface area contributed by atoms with Crippen LogP contribution in [0.2, 0.25) is 0 Å². The zero-order valence-electron chi connectivity index (χ0n) is 27.8. The molecule has 0 bridgehead atoms. The van der Waals surface area contributed by atoms with Crippen LogP contribution < -0.4 is 9.47 Å². The molecule has 6 aromatic rings. The molecule has 0 amide bonds. The molecule has 0 aliphatic heterocycles. The Balaban J connectivity index is 0.000000246. The van der Waals surface area contributed by atoms with Crippen LogP contribution >= 0.6 is 7.81 Å². The Morgan fingerprint density at radius 1 is 0.519 bits per heavy atom. The van der Waals surface area contributed by atoms with E-state index in [9.17, 15) is 34.0 Å². The van der Waals surface area contributed by atoms with Crippen LogP contribution in [0.15, 0.2) is 110 Å². The van der Waals surface area contributed by atoms with Gasteiger partial charge in [-0.05, 0) is 48.5 Å². The summed E-state index contributed by atoms with van der Waals surface area (Å²) in [4.78, 5) is 16.9. The largest absolute Gasteiger partial charge is 3.00 e. The summed E-state index contributed by atoms with van der Waals surface area (Å²) in [7, 11) is -7.41. The number of nitrogens with zero attached hydrogens (tertiary/aromatic N) is 4. The van der Waals surface area contributed by atoms with Gasteiger partial charge in [0.25, 0.3) is 0 Å². The summed E-state index contributed by atoms with van der Waals surface area (Å²) < 4.78 is 94.7. The molecule has 0 spiro atoms. The van der Waals surface area contributed by atoms with Gasteiger partial charge < -0.3 is 19.4 Å². The molecule has 0 fully saturated rings. The minimum atomic E-state index is -10.7. The van der Waals surface area contributed by atoms with E-state index in [0.717, 1.165) is 56.5 Å². The molecule has 0 unspecified atom stereocenters. The maximum Gasteiger partial charge on any atom is 3.00 e. The number of methoxy groups -OCH3 is 2. The fourth-order valence-corrected chi connectivity index (χ4v) is 3.74. The molecular weight excluding hydrogens is 896 g/mol. The number of halogens is 8. The molecule has 2 aromatic carbocycles. The molecule has 16 heteroatoms. The van der Waals surface area contributed by atoms with Crippen molar-refractivity contribution in [2.75, 3.05) is 14.2 Å². The van der Waals surface area contributed by atoms with Gasteiger partial charge in [0, 0.05) is 48.6 Å². The van der Waals surface area contributed by atoms with Gasteiger partial charge in [0.1, 0.15) is 11.5 Å². The number of benzene rings is 2. The Hall–Kier alpha value is -4.84. The summed E-state index contributed by atoms with van der Waals surface area (Å²) in [5.74, 6) is 0.964. The van der Waals surface area contributed by atoms with E-state index in [4.69, 9.17) is 9.47 Å². The van der Waals surface area contributed by atoms with E-state index >= 15 is 0 Å². The van der Waals surface area contributed by atoms with E-state index in [1.165, 1.54) is 24.3 Å². The van der Waals surface area contributed by atoms with Crippen molar-refractivity contribution in [2.45, 2.75) is 13.8 Å². The van der Waals surface area contributed by atoms with Gasteiger partial charge >= 0.3 is 53.1 Å². The number of rotatable bonds is 5. The average Bonchev–Trinajstić information content (AvgIpc) is 3.09. The first-order chi connectivity index (χ1) is 23.8. The van der Waals surface area contributed by atoms with Crippen molar-refractivity contribution >= 4 is 7.81 Å². The van der Waals surface area contributed by atoms with E-state index in [-0.39, 0.29) is 31.7 Å². The Kier molecular flexibility index (Phi) is 15.1. The second-order valence-electron chi connectivity index (χ2n) is 10.4. The van der Waals surface area contributed by atoms with Crippen LogP contribution in [-0.2, 0) is 20.1 Å². The summed E-state index contributed by atoms with van der Waals surface area (Å²) in [6.45, 7) is 3.95. The van der Waals surface area contributed by atoms with Gasteiger partial charge in [-0.3, -0.25) is 18.7 Å². The Morgan fingerprint density at radius 3 is 1.15 bits per heavy atom. The summed E-state index contributed by atoms with van der Waals surface area (Å²) >= 11 is 0. The van der Waals surface area contributed by atoms with E-state index in [2.05, 4.69) is 32.1 Å². The first-order valence-corrected chi connectivity index (χ1v) is 16.6. The van der Waals surface area contributed by atoms with Gasteiger partial charge in [0.05, 0.1) is 25.6 Å². The summed E-state index contributed by atoms with van der Waals surface area (Å²) in [6.07, 6.45) is 6.95. The van der Waals surface area contributed by atoms with Crippen molar-refractivity contribution in [3.63, 3.8) is 0 Å². The average molecular weight is 926 g/mol.